The summed E-state index contributed by atoms with van der Waals surface area (Å²) < 4.78 is 80.5. The lowest BCUT2D eigenvalue weighted by Crippen LogP contribution is -2.38. The molecule has 0 fully saturated rings. The van der Waals surface area contributed by atoms with E-state index in [0.29, 0.717) is 10.4 Å². The fourth-order valence-corrected chi connectivity index (χ4v) is 5.02. The maximum Gasteiger partial charge on any atom is 0.417 e. The van der Waals surface area contributed by atoms with Crippen molar-refractivity contribution in [3.05, 3.63) is 83.1 Å². The normalized spacial score (nSPS) is 11.8. The minimum absolute atomic E-state index is 0.129. The van der Waals surface area contributed by atoms with Gasteiger partial charge in [0, 0.05) is 10.6 Å². The molecule has 0 saturated heterocycles. The number of alkyl halides is 3. The Morgan fingerprint density at radius 2 is 1.74 bits per heavy atom. The van der Waals surface area contributed by atoms with Gasteiger partial charge in [-0.2, -0.15) is 13.2 Å². The number of benzene rings is 3. The molecule has 3 aromatic rings. The third-order valence-corrected chi connectivity index (χ3v) is 7.45. The minimum atomic E-state index is -4.75. The average Bonchev–Trinajstić information content (AvgIpc) is 2.78. The molecular weight excluding hydrogens is 516 g/mol. The smallest absolute Gasteiger partial charge is 0.324 e. The molecule has 1 N–H and O–H groups in total. The summed E-state index contributed by atoms with van der Waals surface area (Å²) in [5.74, 6) is -1.67. The third kappa shape index (κ3) is 6.02. The molecule has 0 atom stereocenters. The van der Waals surface area contributed by atoms with E-state index in [1.807, 2.05) is 6.26 Å². The monoisotopic (exact) mass is 532 g/mol. The van der Waals surface area contributed by atoms with Crippen LogP contribution in [0, 0.1) is 5.82 Å². The van der Waals surface area contributed by atoms with Crippen LogP contribution in [0.5, 0.6) is 0 Å². The van der Waals surface area contributed by atoms with Gasteiger partial charge in [-0.15, -0.1) is 11.8 Å². The summed E-state index contributed by atoms with van der Waals surface area (Å²) in [6.07, 6.45) is -2.94. The van der Waals surface area contributed by atoms with Gasteiger partial charge in [-0.25, -0.2) is 12.8 Å². The van der Waals surface area contributed by atoms with Crippen molar-refractivity contribution in [3.8, 4) is 0 Å². The fraction of sp³-hybridized carbons (Fsp3) is 0.136. The van der Waals surface area contributed by atoms with Gasteiger partial charge in [0.05, 0.1) is 21.2 Å². The van der Waals surface area contributed by atoms with E-state index in [0.717, 1.165) is 29.2 Å². The van der Waals surface area contributed by atoms with E-state index in [4.69, 9.17) is 11.6 Å². The number of thioether (sulfide) groups is 1. The van der Waals surface area contributed by atoms with E-state index in [1.165, 1.54) is 36.0 Å². The Morgan fingerprint density at radius 1 is 1.06 bits per heavy atom. The molecule has 0 spiro atoms. The van der Waals surface area contributed by atoms with E-state index in [1.54, 1.807) is 12.1 Å². The van der Waals surface area contributed by atoms with Gasteiger partial charge in [0.1, 0.15) is 12.4 Å². The number of hydrogen-bond acceptors (Lipinski definition) is 4. The molecule has 0 unspecified atom stereocenters. The number of anilines is 2. The van der Waals surface area contributed by atoms with Gasteiger partial charge in [-0.05, 0) is 66.9 Å². The predicted octanol–water partition coefficient (Wildman–Crippen LogP) is 6.05. The molecule has 0 aromatic heterocycles. The zero-order valence-electron chi connectivity index (χ0n) is 17.4. The van der Waals surface area contributed by atoms with E-state index < -0.39 is 45.1 Å². The molecule has 180 valence electrons. The Hall–Kier alpha value is -2.76. The maximum absolute atomic E-state index is 13.9. The second kappa shape index (κ2) is 10.2. The standard InChI is InChI=1S/C22H17ClF4N2O3S2/c1-33-17-6-8-18(9-7-17)34(31,32)29(16-4-2-3-14(24)11-16)13-21(30)28-15-5-10-20(23)19(12-15)22(25,26)27/h2-12H,13H2,1H3,(H,28,30). The Bertz CT molecular complexity index is 1300. The van der Waals surface area contributed by atoms with Crippen LogP contribution in [-0.2, 0) is 21.0 Å². The third-order valence-electron chi connectivity index (χ3n) is 4.59. The Kier molecular flexibility index (Phi) is 7.79. The van der Waals surface area contributed by atoms with Crippen LogP contribution in [0.3, 0.4) is 0 Å². The van der Waals surface area contributed by atoms with Crippen molar-refractivity contribution in [2.45, 2.75) is 16.0 Å². The van der Waals surface area contributed by atoms with Gasteiger partial charge < -0.3 is 5.32 Å². The van der Waals surface area contributed by atoms with Crippen LogP contribution in [-0.4, -0.2) is 27.1 Å². The molecule has 0 aliphatic rings. The van der Waals surface area contributed by atoms with Gasteiger partial charge >= 0.3 is 6.18 Å². The van der Waals surface area contributed by atoms with Crippen LogP contribution in [0.2, 0.25) is 5.02 Å². The van der Waals surface area contributed by atoms with Gasteiger partial charge in [0.2, 0.25) is 5.91 Å². The van der Waals surface area contributed by atoms with Crippen LogP contribution in [0.25, 0.3) is 0 Å². The summed E-state index contributed by atoms with van der Waals surface area (Å²) in [6, 6.07) is 13.2. The van der Waals surface area contributed by atoms with Crippen molar-refractivity contribution in [2.24, 2.45) is 0 Å². The Labute approximate surface area is 202 Å². The second-order valence-electron chi connectivity index (χ2n) is 6.91. The van der Waals surface area contributed by atoms with Crippen LogP contribution >= 0.6 is 23.4 Å². The highest BCUT2D eigenvalue weighted by molar-refractivity contribution is 7.98. The highest BCUT2D eigenvalue weighted by Gasteiger charge is 2.34. The summed E-state index contributed by atoms with van der Waals surface area (Å²) in [5, 5.41) is 1.68. The number of carbonyl (C=O) groups excluding carboxylic acids is 1. The number of nitrogens with zero attached hydrogens (tertiary/aromatic N) is 1. The van der Waals surface area contributed by atoms with Gasteiger partial charge in [-0.3, -0.25) is 9.10 Å². The first-order chi connectivity index (χ1) is 15.9. The molecule has 0 aliphatic heterocycles. The Morgan fingerprint density at radius 3 is 2.32 bits per heavy atom. The molecule has 0 heterocycles. The largest absolute Gasteiger partial charge is 0.417 e. The number of hydrogen-bond donors (Lipinski definition) is 1. The van der Waals surface area contributed by atoms with E-state index in [-0.39, 0.29) is 16.3 Å². The van der Waals surface area contributed by atoms with Crippen molar-refractivity contribution < 1.29 is 30.8 Å². The van der Waals surface area contributed by atoms with Crippen LogP contribution in [0.1, 0.15) is 5.56 Å². The first-order valence-electron chi connectivity index (χ1n) is 9.51. The molecule has 3 rings (SSSR count). The molecule has 0 radical (unpaired) electrons. The van der Waals surface area contributed by atoms with Crippen molar-refractivity contribution in [2.75, 3.05) is 22.4 Å². The number of nitrogens with one attached hydrogen (secondary N) is 1. The lowest BCUT2D eigenvalue weighted by atomic mass is 10.2. The summed E-state index contributed by atoms with van der Waals surface area (Å²) >= 11 is 6.99. The molecule has 3 aromatic carbocycles. The number of carbonyl (C=O) groups is 1. The van der Waals surface area contributed by atoms with Crippen LogP contribution in [0.4, 0.5) is 28.9 Å². The zero-order chi connectivity index (χ0) is 25.1. The number of rotatable bonds is 7. The van der Waals surface area contributed by atoms with Gasteiger partial charge in [-0.1, -0.05) is 17.7 Å². The second-order valence-corrected chi connectivity index (χ2v) is 10.1. The lowest BCUT2D eigenvalue weighted by molar-refractivity contribution is -0.137. The van der Waals surface area contributed by atoms with Gasteiger partial charge in [0.15, 0.2) is 0 Å². The zero-order valence-corrected chi connectivity index (χ0v) is 19.8. The number of amides is 1. The van der Waals surface area contributed by atoms with Crippen molar-refractivity contribution >= 4 is 50.7 Å². The summed E-state index contributed by atoms with van der Waals surface area (Å²) in [7, 11) is -4.33. The molecule has 0 aliphatic carbocycles. The molecule has 0 bridgehead atoms. The molecule has 34 heavy (non-hydrogen) atoms. The first-order valence-corrected chi connectivity index (χ1v) is 12.5. The summed E-state index contributed by atoms with van der Waals surface area (Å²) in [4.78, 5) is 13.3. The van der Waals surface area contributed by atoms with Crippen molar-refractivity contribution in [1.29, 1.82) is 0 Å². The highest BCUT2D eigenvalue weighted by atomic mass is 35.5. The molecule has 0 saturated carbocycles. The maximum atomic E-state index is 13.9. The van der Waals surface area contributed by atoms with Gasteiger partial charge in [0.25, 0.3) is 10.0 Å². The first kappa shape index (κ1) is 25.9. The van der Waals surface area contributed by atoms with E-state index in [2.05, 4.69) is 5.32 Å². The molecule has 12 heteroatoms. The SMILES string of the molecule is CSc1ccc(S(=O)(=O)N(CC(=O)Nc2ccc(Cl)c(C(F)(F)F)c2)c2cccc(F)c2)cc1. The topological polar surface area (TPSA) is 66.5 Å². The quantitative estimate of drug-likeness (QED) is 0.297. The predicted molar refractivity (Wildman–Crippen MR) is 124 cm³/mol. The van der Waals surface area contributed by atoms with Crippen molar-refractivity contribution in [1.82, 2.24) is 0 Å². The van der Waals surface area contributed by atoms with Crippen LogP contribution < -0.4 is 9.62 Å². The van der Waals surface area contributed by atoms with Crippen LogP contribution in [0.15, 0.2) is 76.5 Å². The summed E-state index contributed by atoms with van der Waals surface area (Å²) in [6.45, 7) is -0.819. The minimum Gasteiger partial charge on any atom is -0.324 e. The molecular formula is C22H17ClF4N2O3S2. The molecule has 5 nitrogen and oxygen atoms in total. The summed E-state index contributed by atoms with van der Waals surface area (Å²) in [5.41, 5.74) is -1.52. The van der Waals surface area contributed by atoms with Crippen molar-refractivity contribution in [3.63, 3.8) is 0 Å². The highest BCUT2D eigenvalue weighted by Crippen LogP contribution is 2.36. The fourth-order valence-electron chi connectivity index (χ4n) is 2.97. The number of halogens is 5. The lowest BCUT2D eigenvalue weighted by Gasteiger charge is -2.24. The average molecular weight is 533 g/mol. The van der Waals surface area contributed by atoms with E-state index in [9.17, 15) is 30.8 Å². The van der Waals surface area contributed by atoms with E-state index >= 15 is 0 Å². The Balaban J connectivity index is 1.94. The number of sulfonamides is 1. The molecule has 1 amide bonds.